The first-order valence-electron chi connectivity index (χ1n) is 5.75. The number of hydrogen-bond acceptors (Lipinski definition) is 5. The Kier molecular flexibility index (Phi) is 3.78. The fourth-order valence-corrected chi connectivity index (χ4v) is 3.16. The summed E-state index contributed by atoms with van der Waals surface area (Å²) >= 11 is 1.80. The van der Waals surface area contributed by atoms with Gasteiger partial charge in [0.1, 0.15) is 0 Å². The number of thiazole rings is 1. The number of nitrogens with zero attached hydrogens (tertiary/aromatic N) is 3. The number of nitrogens with one attached hydrogen (secondary N) is 1. The van der Waals surface area contributed by atoms with E-state index in [0.29, 0.717) is 6.04 Å². The largest absolute Gasteiger partial charge is 0.343 e. The summed E-state index contributed by atoms with van der Waals surface area (Å²) in [6.07, 6.45) is 1.99. The zero-order chi connectivity index (χ0) is 11.5. The van der Waals surface area contributed by atoms with Gasteiger partial charge in [0.2, 0.25) is 0 Å². The summed E-state index contributed by atoms with van der Waals surface area (Å²) < 4.78 is 0. The highest BCUT2D eigenvalue weighted by Crippen LogP contribution is 2.25. The Balaban J connectivity index is 2.05. The predicted octanol–water partition coefficient (Wildman–Crippen LogP) is 1.00. The van der Waals surface area contributed by atoms with Crippen LogP contribution in [0.25, 0.3) is 0 Å². The van der Waals surface area contributed by atoms with Crippen LogP contribution in [-0.4, -0.2) is 49.7 Å². The predicted molar refractivity (Wildman–Crippen MR) is 69.2 cm³/mol. The van der Waals surface area contributed by atoms with Gasteiger partial charge in [0.25, 0.3) is 0 Å². The molecule has 1 aliphatic rings. The minimum Gasteiger partial charge on any atom is -0.343 e. The molecule has 1 fully saturated rings. The molecule has 5 heteroatoms. The lowest BCUT2D eigenvalue weighted by molar-refractivity contribution is 0.275. The average molecular weight is 240 g/mol. The molecule has 1 atom stereocenters. The first kappa shape index (κ1) is 11.8. The van der Waals surface area contributed by atoms with Gasteiger partial charge in [-0.2, -0.15) is 0 Å². The summed E-state index contributed by atoms with van der Waals surface area (Å²) in [5.41, 5.74) is 0. The maximum Gasteiger partial charge on any atom is 0.185 e. The van der Waals surface area contributed by atoms with Crippen molar-refractivity contribution < 1.29 is 0 Å². The third-order valence-electron chi connectivity index (χ3n) is 2.97. The van der Waals surface area contributed by atoms with Crippen molar-refractivity contribution in [2.45, 2.75) is 19.5 Å². The fraction of sp³-hybridized carbons (Fsp3) is 0.727. The van der Waals surface area contributed by atoms with Gasteiger partial charge in [0.15, 0.2) is 5.13 Å². The lowest BCUT2D eigenvalue weighted by atomic mass is 10.2. The van der Waals surface area contributed by atoms with Gasteiger partial charge in [0, 0.05) is 43.3 Å². The smallest absolute Gasteiger partial charge is 0.185 e. The summed E-state index contributed by atoms with van der Waals surface area (Å²) in [7, 11) is 4.15. The standard InChI is InChI=1S/C11H20N4S/c1-9-8-14(3)4-5-15(9)11-13-7-10(16-11)6-12-2/h7,9,12H,4-6,8H2,1-3H3. The minimum atomic E-state index is 0.562. The molecule has 0 spiro atoms. The second-order valence-corrected chi connectivity index (χ2v) is 5.54. The Morgan fingerprint density at radius 1 is 1.56 bits per heavy atom. The van der Waals surface area contributed by atoms with E-state index < -0.39 is 0 Å². The van der Waals surface area contributed by atoms with Crippen molar-refractivity contribution in [1.29, 1.82) is 0 Å². The van der Waals surface area contributed by atoms with Gasteiger partial charge in [0.05, 0.1) is 0 Å². The van der Waals surface area contributed by atoms with Crippen LogP contribution in [0.5, 0.6) is 0 Å². The Hall–Kier alpha value is -0.650. The number of piperazine rings is 1. The highest BCUT2D eigenvalue weighted by molar-refractivity contribution is 7.15. The van der Waals surface area contributed by atoms with Crippen LogP contribution in [0.2, 0.25) is 0 Å². The Morgan fingerprint density at radius 2 is 2.38 bits per heavy atom. The normalized spacial score (nSPS) is 22.7. The molecule has 90 valence electrons. The van der Waals surface area contributed by atoms with Crippen LogP contribution in [0, 0.1) is 0 Å². The SMILES string of the molecule is CNCc1cnc(N2CCN(C)CC2C)s1. The molecular formula is C11H20N4S. The van der Waals surface area contributed by atoms with Gasteiger partial charge in [-0.1, -0.05) is 0 Å². The summed E-state index contributed by atoms with van der Waals surface area (Å²) in [5.74, 6) is 0. The number of likely N-dealkylation sites (N-methyl/N-ethyl adjacent to an activating group) is 1. The van der Waals surface area contributed by atoms with Crippen molar-refractivity contribution in [1.82, 2.24) is 15.2 Å². The Bertz CT molecular complexity index is 338. The van der Waals surface area contributed by atoms with E-state index in [-0.39, 0.29) is 0 Å². The molecule has 0 radical (unpaired) electrons. The van der Waals surface area contributed by atoms with E-state index in [1.807, 2.05) is 13.2 Å². The molecule has 0 bridgehead atoms. The van der Waals surface area contributed by atoms with Gasteiger partial charge in [-0.15, -0.1) is 11.3 Å². The molecule has 1 saturated heterocycles. The van der Waals surface area contributed by atoms with Gasteiger partial charge in [-0.05, 0) is 21.0 Å². The Morgan fingerprint density at radius 3 is 3.06 bits per heavy atom. The lowest BCUT2D eigenvalue weighted by Crippen LogP contribution is -2.50. The summed E-state index contributed by atoms with van der Waals surface area (Å²) in [6, 6.07) is 0.562. The van der Waals surface area contributed by atoms with Crippen molar-refractivity contribution in [3.63, 3.8) is 0 Å². The molecular weight excluding hydrogens is 220 g/mol. The van der Waals surface area contributed by atoms with Crippen LogP contribution in [0.4, 0.5) is 5.13 Å². The molecule has 0 amide bonds. The first-order chi connectivity index (χ1) is 7.70. The molecule has 1 aromatic heterocycles. The van der Waals surface area contributed by atoms with E-state index in [9.17, 15) is 0 Å². The van der Waals surface area contributed by atoms with Gasteiger partial charge >= 0.3 is 0 Å². The minimum absolute atomic E-state index is 0.562. The van der Waals surface area contributed by atoms with Crippen molar-refractivity contribution in [2.24, 2.45) is 0 Å². The maximum absolute atomic E-state index is 4.52. The first-order valence-corrected chi connectivity index (χ1v) is 6.57. The topological polar surface area (TPSA) is 31.4 Å². The molecule has 1 unspecified atom stereocenters. The molecule has 16 heavy (non-hydrogen) atoms. The number of hydrogen-bond donors (Lipinski definition) is 1. The van der Waals surface area contributed by atoms with Crippen molar-refractivity contribution in [3.8, 4) is 0 Å². The number of anilines is 1. The lowest BCUT2D eigenvalue weighted by Gasteiger charge is -2.38. The van der Waals surface area contributed by atoms with Crippen molar-refractivity contribution in [3.05, 3.63) is 11.1 Å². The zero-order valence-electron chi connectivity index (χ0n) is 10.2. The molecule has 2 heterocycles. The van der Waals surface area contributed by atoms with Crippen molar-refractivity contribution in [2.75, 3.05) is 38.6 Å². The fourth-order valence-electron chi connectivity index (χ4n) is 2.11. The van der Waals surface area contributed by atoms with E-state index in [1.54, 1.807) is 11.3 Å². The van der Waals surface area contributed by atoms with Gasteiger partial charge in [-0.25, -0.2) is 4.98 Å². The summed E-state index contributed by atoms with van der Waals surface area (Å²) in [5, 5.41) is 4.33. The molecule has 0 aliphatic carbocycles. The van der Waals surface area contributed by atoms with Crippen LogP contribution in [0.1, 0.15) is 11.8 Å². The second kappa shape index (κ2) is 5.12. The van der Waals surface area contributed by atoms with E-state index in [1.165, 1.54) is 10.0 Å². The highest BCUT2D eigenvalue weighted by Gasteiger charge is 2.23. The highest BCUT2D eigenvalue weighted by atomic mass is 32.1. The monoisotopic (exact) mass is 240 g/mol. The van der Waals surface area contributed by atoms with E-state index >= 15 is 0 Å². The maximum atomic E-state index is 4.52. The quantitative estimate of drug-likeness (QED) is 0.854. The third kappa shape index (κ3) is 2.53. The van der Waals surface area contributed by atoms with Gasteiger partial charge < -0.3 is 15.1 Å². The van der Waals surface area contributed by atoms with E-state index in [2.05, 4.69) is 34.1 Å². The molecule has 1 N–H and O–H groups in total. The second-order valence-electron chi connectivity index (χ2n) is 4.44. The molecule has 2 rings (SSSR count). The van der Waals surface area contributed by atoms with Crippen LogP contribution >= 0.6 is 11.3 Å². The molecule has 1 aliphatic heterocycles. The van der Waals surface area contributed by atoms with Crippen LogP contribution in [-0.2, 0) is 6.54 Å². The molecule has 1 aromatic rings. The van der Waals surface area contributed by atoms with Gasteiger partial charge in [-0.3, -0.25) is 0 Å². The third-order valence-corrected chi connectivity index (χ3v) is 4.00. The molecule has 4 nitrogen and oxygen atoms in total. The molecule has 0 saturated carbocycles. The summed E-state index contributed by atoms with van der Waals surface area (Å²) in [4.78, 5) is 10.6. The van der Waals surface area contributed by atoms with Crippen LogP contribution < -0.4 is 10.2 Å². The summed E-state index contributed by atoms with van der Waals surface area (Å²) in [6.45, 7) is 6.53. The van der Waals surface area contributed by atoms with Crippen LogP contribution in [0.3, 0.4) is 0 Å². The Labute approximate surface area is 101 Å². The number of rotatable bonds is 3. The van der Waals surface area contributed by atoms with Crippen molar-refractivity contribution >= 4 is 16.5 Å². The molecule has 0 aromatic carbocycles. The zero-order valence-corrected chi connectivity index (χ0v) is 11.0. The van der Waals surface area contributed by atoms with E-state index in [0.717, 1.165) is 26.2 Å². The average Bonchev–Trinajstić information content (AvgIpc) is 2.67. The number of aromatic nitrogens is 1. The van der Waals surface area contributed by atoms with E-state index in [4.69, 9.17) is 0 Å². The van der Waals surface area contributed by atoms with Crippen LogP contribution in [0.15, 0.2) is 6.20 Å².